The number of terminal acetylenes is 2. The summed E-state index contributed by atoms with van der Waals surface area (Å²) in [5.74, 6) is 4.01. The number of carbonyl (C=O) groups excluding carboxylic acids is 2. The van der Waals surface area contributed by atoms with Crippen LogP contribution in [0.3, 0.4) is 0 Å². The number of alkyl halides is 1. The predicted octanol–water partition coefficient (Wildman–Crippen LogP) is 5.20. The average molecular weight is 619 g/mol. The van der Waals surface area contributed by atoms with Gasteiger partial charge in [0, 0.05) is 8.95 Å². The number of rotatable bonds is 4. The van der Waals surface area contributed by atoms with Gasteiger partial charge in [-0.05, 0) is 36.4 Å². The van der Waals surface area contributed by atoms with Gasteiger partial charge in [0.25, 0.3) is 0 Å². The van der Waals surface area contributed by atoms with Gasteiger partial charge in [-0.3, -0.25) is 0 Å². The Balaban J connectivity index is 0.000000504. The van der Waals surface area contributed by atoms with Gasteiger partial charge in [-0.15, -0.1) is 12.8 Å². The summed E-state index contributed by atoms with van der Waals surface area (Å²) in [5, 5.41) is 9.92. The van der Waals surface area contributed by atoms with Crippen LogP contribution >= 0.6 is 47.8 Å². The number of aromatic hydroxyl groups is 1. The molecule has 0 heterocycles. The molecule has 0 amide bonds. The summed E-state index contributed by atoms with van der Waals surface area (Å²) in [7, 11) is 2.58. The minimum atomic E-state index is -0.542. The summed E-state index contributed by atoms with van der Waals surface area (Å²) >= 11 is 9.44. The van der Waals surface area contributed by atoms with E-state index in [0.717, 1.165) is 4.47 Å². The van der Waals surface area contributed by atoms with Crippen LogP contribution in [0.15, 0.2) is 45.3 Å². The lowest BCUT2D eigenvalue weighted by Crippen LogP contribution is -2.05. The standard InChI is InChI=1S/C11H9BrO3.C8H7BrO3.C3H3Br/c1-3-6-15-10-7-8(12)4-5-9(10)11(13)14-2;1-12-8(11)6-3-2-5(9)4-7(6)10;1-2-3-4/h1,4-5,7H,6H2,2H3;2-4,10H,1H3;1H,3H2. The number of hydrogen-bond acceptors (Lipinski definition) is 6. The molecule has 6 nitrogen and oxygen atoms in total. The zero-order valence-corrected chi connectivity index (χ0v) is 21.4. The van der Waals surface area contributed by atoms with Crippen LogP contribution in [-0.4, -0.2) is 43.2 Å². The maximum absolute atomic E-state index is 11.3. The number of phenols is 1. The first-order valence-corrected chi connectivity index (χ1v) is 11.0. The Bertz CT molecular complexity index is 961. The first-order valence-electron chi connectivity index (χ1n) is 8.26. The molecular weight excluding hydrogens is 600 g/mol. The van der Waals surface area contributed by atoms with E-state index in [0.29, 0.717) is 21.1 Å². The lowest BCUT2D eigenvalue weighted by atomic mass is 10.2. The van der Waals surface area contributed by atoms with Crippen molar-refractivity contribution in [2.45, 2.75) is 0 Å². The second-order valence-electron chi connectivity index (χ2n) is 5.12. The summed E-state index contributed by atoms with van der Waals surface area (Å²) in [4.78, 5) is 22.3. The fourth-order valence-corrected chi connectivity index (χ4v) is 2.49. The average Bonchev–Trinajstić information content (AvgIpc) is 2.77. The van der Waals surface area contributed by atoms with E-state index >= 15 is 0 Å². The van der Waals surface area contributed by atoms with Gasteiger partial charge in [0.15, 0.2) is 0 Å². The molecule has 0 aliphatic carbocycles. The van der Waals surface area contributed by atoms with Crippen LogP contribution in [0.5, 0.6) is 11.5 Å². The van der Waals surface area contributed by atoms with Crippen LogP contribution in [0, 0.1) is 24.7 Å². The smallest absolute Gasteiger partial charge is 0.341 e. The van der Waals surface area contributed by atoms with Crippen molar-refractivity contribution in [2.24, 2.45) is 0 Å². The summed E-state index contributed by atoms with van der Waals surface area (Å²) in [6, 6.07) is 9.60. The van der Waals surface area contributed by atoms with Crippen molar-refractivity contribution >= 4 is 59.7 Å². The second kappa shape index (κ2) is 16.3. The zero-order chi connectivity index (χ0) is 23.8. The molecule has 0 aliphatic rings. The molecule has 0 aromatic heterocycles. The number of hydrogen-bond donors (Lipinski definition) is 1. The maximum atomic E-state index is 11.3. The summed E-state index contributed by atoms with van der Waals surface area (Å²) in [6.07, 6.45) is 9.80. The number of benzene rings is 2. The molecule has 2 rings (SSSR count). The van der Waals surface area contributed by atoms with Crippen molar-refractivity contribution in [1.29, 1.82) is 0 Å². The Kier molecular flexibility index (Phi) is 15.0. The molecule has 1 N–H and O–H groups in total. The summed E-state index contributed by atoms with van der Waals surface area (Å²) < 4.78 is 15.8. The van der Waals surface area contributed by atoms with E-state index in [9.17, 15) is 14.7 Å². The Labute approximate surface area is 206 Å². The van der Waals surface area contributed by atoms with Crippen molar-refractivity contribution in [3.8, 4) is 36.2 Å². The van der Waals surface area contributed by atoms with Gasteiger partial charge in [-0.25, -0.2) is 9.59 Å². The lowest BCUT2D eigenvalue weighted by Gasteiger charge is -2.08. The molecule has 0 bridgehead atoms. The number of halogens is 3. The van der Waals surface area contributed by atoms with E-state index in [1.807, 2.05) is 0 Å². The van der Waals surface area contributed by atoms with Crippen molar-refractivity contribution < 1.29 is 28.9 Å². The molecule has 2 aromatic carbocycles. The Morgan fingerprint density at radius 1 is 0.935 bits per heavy atom. The number of methoxy groups -OCH3 is 2. The molecule has 31 heavy (non-hydrogen) atoms. The van der Waals surface area contributed by atoms with E-state index in [1.54, 1.807) is 24.3 Å². The van der Waals surface area contributed by atoms with Crippen LogP contribution in [0.1, 0.15) is 20.7 Å². The topological polar surface area (TPSA) is 82.1 Å². The molecule has 164 valence electrons. The van der Waals surface area contributed by atoms with Crippen molar-refractivity contribution in [3.05, 3.63) is 56.5 Å². The Hall–Kier alpha value is -2.46. The first-order chi connectivity index (χ1) is 14.7. The van der Waals surface area contributed by atoms with Crippen molar-refractivity contribution in [3.63, 3.8) is 0 Å². The monoisotopic (exact) mass is 616 g/mol. The molecule has 0 saturated carbocycles. The van der Waals surface area contributed by atoms with Crippen LogP contribution in [0.4, 0.5) is 0 Å². The predicted molar refractivity (Wildman–Crippen MR) is 130 cm³/mol. The zero-order valence-electron chi connectivity index (χ0n) is 16.7. The molecule has 0 spiro atoms. The van der Waals surface area contributed by atoms with Gasteiger partial charge in [-0.2, -0.15) is 0 Å². The van der Waals surface area contributed by atoms with Gasteiger partial charge in [0.05, 0.1) is 19.5 Å². The highest BCUT2D eigenvalue weighted by Gasteiger charge is 2.13. The minimum Gasteiger partial charge on any atom is -0.507 e. The third-order valence-electron chi connectivity index (χ3n) is 3.10. The number of ether oxygens (including phenoxy) is 3. The van der Waals surface area contributed by atoms with E-state index in [1.165, 1.54) is 26.4 Å². The molecule has 0 radical (unpaired) electrons. The van der Waals surface area contributed by atoms with Gasteiger partial charge >= 0.3 is 11.9 Å². The van der Waals surface area contributed by atoms with E-state index < -0.39 is 11.9 Å². The van der Waals surface area contributed by atoms with Crippen LogP contribution in [0.2, 0.25) is 0 Å². The quantitative estimate of drug-likeness (QED) is 0.288. The number of carbonyl (C=O) groups is 2. The Morgan fingerprint density at radius 2 is 1.42 bits per heavy atom. The van der Waals surface area contributed by atoms with E-state index in [4.69, 9.17) is 17.6 Å². The molecule has 0 saturated heterocycles. The second-order valence-corrected chi connectivity index (χ2v) is 7.51. The third kappa shape index (κ3) is 10.9. The third-order valence-corrected chi connectivity index (χ3v) is 4.41. The summed E-state index contributed by atoms with van der Waals surface area (Å²) in [5.41, 5.74) is 0.525. The fourth-order valence-electron chi connectivity index (χ4n) is 1.80. The highest BCUT2D eigenvalue weighted by Crippen LogP contribution is 2.24. The minimum absolute atomic E-state index is 0.0868. The highest BCUT2D eigenvalue weighted by atomic mass is 79.9. The fraction of sp³-hybridized carbons (Fsp3) is 0.182. The number of esters is 2. The normalized spacial score (nSPS) is 8.74. The first kappa shape index (κ1) is 28.5. The van der Waals surface area contributed by atoms with Gasteiger partial charge in [-0.1, -0.05) is 59.6 Å². The van der Waals surface area contributed by atoms with Crippen LogP contribution in [0.25, 0.3) is 0 Å². The molecule has 0 atom stereocenters. The molecule has 9 heteroatoms. The number of phenolic OH excluding ortho intramolecular Hbond substituents is 1. The molecule has 0 unspecified atom stereocenters. The Morgan fingerprint density at radius 3 is 1.87 bits per heavy atom. The van der Waals surface area contributed by atoms with Gasteiger partial charge in [0.1, 0.15) is 29.2 Å². The van der Waals surface area contributed by atoms with Gasteiger partial charge < -0.3 is 19.3 Å². The SMILES string of the molecule is C#CCBr.C#CCOc1cc(Br)ccc1C(=O)OC.COC(=O)c1ccc(Br)cc1O. The molecular formula is C22H19Br3O6. The largest absolute Gasteiger partial charge is 0.507 e. The van der Waals surface area contributed by atoms with E-state index in [-0.39, 0.29) is 17.9 Å². The maximum Gasteiger partial charge on any atom is 0.341 e. The van der Waals surface area contributed by atoms with Crippen LogP contribution < -0.4 is 4.74 Å². The molecule has 0 fully saturated rings. The van der Waals surface area contributed by atoms with E-state index in [2.05, 4.69) is 69.1 Å². The lowest BCUT2D eigenvalue weighted by molar-refractivity contribution is 0.0587. The molecule has 0 aliphatic heterocycles. The van der Waals surface area contributed by atoms with Crippen LogP contribution in [-0.2, 0) is 9.47 Å². The van der Waals surface area contributed by atoms with Crippen molar-refractivity contribution in [2.75, 3.05) is 26.2 Å². The molecule has 2 aromatic rings. The summed E-state index contributed by atoms with van der Waals surface area (Å²) in [6.45, 7) is 0.112. The van der Waals surface area contributed by atoms with Crippen molar-refractivity contribution in [1.82, 2.24) is 0 Å². The highest BCUT2D eigenvalue weighted by molar-refractivity contribution is 9.10. The van der Waals surface area contributed by atoms with Gasteiger partial charge in [0.2, 0.25) is 0 Å².